The van der Waals surface area contributed by atoms with Gasteiger partial charge in [-0.25, -0.2) is 4.98 Å². The SMILES string of the molecule is O=C(CCn1cnc2sccc2c1=O)Nc1ccccc1C(=O)NCc1ccc2c(c1)OCO2. The molecule has 2 aromatic carbocycles. The number of nitrogens with one attached hydrogen (secondary N) is 2. The number of amides is 2. The first-order valence-corrected chi connectivity index (χ1v) is 11.4. The Bertz CT molecular complexity index is 1440. The number of hydrogen-bond donors (Lipinski definition) is 2. The number of ether oxygens (including phenoxy) is 2. The summed E-state index contributed by atoms with van der Waals surface area (Å²) in [6, 6.07) is 14.0. The molecule has 1 aliphatic heterocycles. The molecule has 172 valence electrons. The normalized spacial score (nSPS) is 12.0. The minimum Gasteiger partial charge on any atom is -0.454 e. The van der Waals surface area contributed by atoms with Gasteiger partial charge in [0.25, 0.3) is 11.5 Å². The predicted molar refractivity (Wildman–Crippen MR) is 127 cm³/mol. The molecule has 0 radical (unpaired) electrons. The second-order valence-corrected chi connectivity index (χ2v) is 8.49. The van der Waals surface area contributed by atoms with Gasteiger partial charge in [0.15, 0.2) is 11.5 Å². The van der Waals surface area contributed by atoms with Crippen LogP contribution in [0, 0.1) is 0 Å². The number of carbonyl (C=O) groups excluding carboxylic acids is 2. The van der Waals surface area contributed by atoms with Crippen LogP contribution in [0.5, 0.6) is 11.5 Å². The van der Waals surface area contributed by atoms with Gasteiger partial charge in [-0.3, -0.25) is 19.0 Å². The first kappa shape index (κ1) is 21.7. The molecule has 0 atom stereocenters. The van der Waals surface area contributed by atoms with Crippen molar-refractivity contribution in [2.24, 2.45) is 0 Å². The highest BCUT2D eigenvalue weighted by atomic mass is 32.1. The largest absolute Gasteiger partial charge is 0.454 e. The zero-order valence-electron chi connectivity index (χ0n) is 17.9. The Labute approximate surface area is 198 Å². The van der Waals surface area contributed by atoms with Crippen molar-refractivity contribution in [1.29, 1.82) is 0 Å². The lowest BCUT2D eigenvalue weighted by atomic mass is 10.1. The molecule has 0 aliphatic carbocycles. The van der Waals surface area contributed by atoms with Crippen LogP contribution in [0.3, 0.4) is 0 Å². The third kappa shape index (κ3) is 4.48. The lowest BCUT2D eigenvalue weighted by Crippen LogP contribution is -2.26. The minimum absolute atomic E-state index is 0.0599. The van der Waals surface area contributed by atoms with E-state index in [1.54, 1.807) is 36.4 Å². The van der Waals surface area contributed by atoms with Crippen molar-refractivity contribution in [2.75, 3.05) is 12.1 Å². The second kappa shape index (κ2) is 9.36. The van der Waals surface area contributed by atoms with Gasteiger partial charge in [0.2, 0.25) is 12.7 Å². The van der Waals surface area contributed by atoms with Gasteiger partial charge in [-0.05, 0) is 41.3 Å². The van der Waals surface area contributed by atoms with Crippen molar-refractivity contribution in [2.45, 2.75) is 19.5 Å². The molecule has 34 heavy (non-hydrogen) atoms. The van der Waals surface area contributed by atoms with Crippen molar-refractivity contribution in [1.82, 2.24) is 14.9 Å². The standard InChI is InChI=1S/C24H20N4O5S/c29-21(7-9-28-13-26-23-17(24(28)31)8-10-34-23)27-18-4-2-1-3-16(18)22(30)25-12-15-5-6-19-20(11-15)33-14-32-19/h1-6,8,10-11,13H,7,9,12,14H2,(H,25,30)(H,27,29). The van der Waals surface area contributed by atoms with E-state index in [1.807, 2.05) is 17.5 Å². The topological polar surface area (TPSA) is 112 Å². The van der Waals surface area contributed by atoms with Gasteiger partial charge < -0.3 is 20.1 Å². The number of rotatable bonds is 7. The fraction of sp³-hybridized carbons (Fsp3) is 0.167. The van der Waals surface area contributed by atoms with Gasteiger partial charge in [0.05, 0.1) is 23.0 Å². The molecular formula is C24H20N4O5S. The summed E-state index contributed by atoms with van der Waals surface area (Å²) in [6.45, 7) is 0.659. The summed E-state index contributed by atoms with van der Waals surface area (Å²) >= 11 is 1.39. The maximum atomic E-state index is 12.8. The lowest BCUT2D eigenvalue weighted by molar-refractivity contribution is -0.116. The van der Waals surface area contributed by atoms with Crippen molar-refractivity contribution in [3.63, 3.8) is 0 Å². The molecule has 1 aliphatic rings. The van der Waals surface area contributed by atoms with E-state index in [2.05, 4.69) is 15.6 Å². The summed E-state index contributed by atoms with van der Waals surface area (Å²) < 4.78 is 12.1. The first-order valence-electron chi connectivity index (χ1n) is 10.6. The Balaban J connectivity index is 1.21. The van der Waals surface area contributed by atoms with Crippen LogP contribution in [0.15, 0.2) is 65.0 Å². The number of hydrogen-bond acceptors (Lipinski definition) is 7. The van der Waals surface area contributed by atoms with Crippen LogP contribution in [0.4, 0.5) is 5.69 Å². The zero-order valence-corrected chi connectivity index (χ0v) is 18.8. The number of para-hydroxylation sites is 1. The van der Waals surface area contributed by atoms with E-state index in [0.29, 0.717) is 39.5 Å². The zero-order chi connectivity index (χ0) is 23.5. The molecule has 5 rings (SSSR count). The summed E-state index contributed by atoms with van der Waals surface area (Å²) in [6.07, 6.45) is 1.51. The van der Waals surface area contributed by atoms with E-state index in [4.69, 9.17) is 9.47 Å². The highest BCUT2D eigenvalue weighted by molar-refractivity contribution is 7.16. The van der Waals surface area contributed by atoms with Crippen LogP contribution in [0.2, 0.25) is 0 Å². The molecular weight excluding hydrogens is 456 g/mol. The summed E-state index contributed by atoms with van der Waals surface area (Å²) in [5.74, 6) is 0.688. The molecule has 2 aromatic heterocycles. The van der Waals surface area contributed by atoms with Crippen LogP contribution in [-0.2, 0) is 17.9 Å². The fourth-order valence-corrected chi connectivity index (χ4v) is 4.33. The molecule has 9 nitrogen and oxygen atoms in total. The van der Waals surface area contributed by atoms with Crippen LogP contribution in [-0.4, -0.2) is 28.2 Å². The summed E-state index contributed by atoms with van der Waals surface area (Å²) in [5.41, 5.74) is 1.42. The molecule has 0 saturated carbocycles. The quantitative estimate of drug-likeness (QED) is 0.424. The maximum Gasteiger partial charge on any atom is 0.262 e. The summed E-state index contributed by atoms with van der Waals surface area (Å²) in [4.78, 5) is 42.8. The molecule has 0 unspecified atom stereocenters. The van der Waals surface area contributed by atoms with Gasteiger partial charge in [-0.15, -0.1) is 11.3 Å². The number of anilines is 1. The third-order valence-corrected chi connectivity index (χ3v) is 6.19. The summed E-state index contributed by atoms with van der Waals surface area (Å²) in [7, 11) is 0. The number of nitrogens with zero attached hydrogens (tertiary/aromatic N) is 2. The molecule has 10 heteroatoms. The number of aromatic nitrogens is 2. The molecule has 0 saturated heterocycles. The Morgan fingerprint density at radius 2 is 1.94 bits per heavy atom. The van der Waals surface area contributed by atoms with E-state index in [1.165, 1.54) is 22.2 Å². The fourth-order valence-electron chi connectivity index (χ4n) is 3.61. The molecule has 3 heterocycles. The smallest absolute Gasteiger partial charge is 0.262 e. The molecule has 0 fully saturated rings. The lowest BCUT2D eigenvalue weighted by Gasteiger charge is -2.12. The molecule has 2 N–H and O–H groups in total. The van der Waals surface area contributed by atoms with Crippen LogP contribution >= 0.6 is 11.3 Å². The maximum absolute atomic E-state index is 12.8. The van der Waals surface area contributed by atoms with Gasteiger partial charge in [-0.2, -0.15) is 0 Å². The third-order valence-electron chi connectivity index (χ3n) is 5.37. The Hall–Kier alpha value is -4.18. The number of fused-ring (bicyclic) bond motifs is 2. The Morgan fingerprint density at radius 1 is 1.09 bits per heavy atom. The van der Waals surface area contributed by atoms with Gasteiger partial charge in [0.1, 0.15) is 4.83 Å². The van der Waals surface area contributed by atoms with E-state index in [-0.39, 0.29) is 37.1 Å². The van der Waals surface area contributed by atoms with E-state index >= 15 is 0 Å². The number of aryl methyl sites for hydroxylation is 1. The van der Waals surface area contributed by atoms with Gasteiger partial charge in [-0.1, -0.05) is 18.2 Å². The van der Waals surface area contributed by atoms with Crippen LogP contribution < -0.4 is 25.7 Å². The highest BCUT2D eigenvalue weighted by Crippen LogP contribution is 2.32. The van der Waals surface area contributed by atoms with Crippen LogP contribution in [0.1, 0.15) is 22.3 Å². The molecule has 0 spiro atoms. The Kier molecular flexibility index (Phi) is 5.96. The Morgan fingerprint density at radius 3 is 2.85 bits per heavy atom. The molecule has 0 bridgehead atoms. The minimum atomic E-state index is -0.322. The predicted octanol–water partition coefficient (Wildman–Crippen LogP) is 3.15. The average Bonchev–Trinajstić information content (AvgIpc) is 3.52. The molecule has 2 amide bonds. The highest BCUT2D eigenvalue weighted by Gasteiger charge is 2.16. The van der Waals surface area contributed by atoms with E-state index in [9.17, 15) is 14.4 Å². The number of thiophene rings is 1. The monoisotopic (exact) mass is 476 g/mol. The molecule has 4 aromatic rings. The average molecular weight is 477 g/mol. The van der Waals surface area contributed by atoms with Crippen molar-refractivity contribution in [3.05, 3.63) is 81.7 Å². The van der Waals surface area contributed by atoms with Crippen molar-refractivity contribution < 1.29 is 19.1 Å². The van der Waals surface area contributed by atoms with Gasteiger partial charge >= 0.3 is 0 Å². The van der Waals surface area contributed by atoms with Crippen LogP contribution in [0.25, 0.3) is 10.2 Å². The van der Waals surface area contributed by atoms with E-state index < -0.39 is 0 Å². The first-order chi connectivity index (χ1) is 16.6. The van der Waals surface area contributed by atoms with Crippen molar-refractivity contribution in [3.8, 4) is 11.5 Å². The summed E-state index contributed by atoms with van der Waals surface area (Å²) in [5, 5.41) is 7.99. The van der Waals surface area contributed by atoms with Gasteiger partial charge in [0, 0.05) is 19.5 Å². The van der Waals surface area contributed by atoms with Crippen molar-refractivity contribution >= 4 is 39.1 Å². The second-order valence-electron chi connectivity index (χ2n) is 7.60. The number of carbonyl (C=O) groups is 2. The van der Waals surface area contributed by atoms with E-state index in [0.717, 1.165) is 5.56 Å². The number of benzene rings is 2.